The lowest BCUT2D eigenvalue weighted by molar-refractivity contribution is -0.123. The third-order valence-corrected chi connectivity index (χ3v) is 4.79. The third-order valence-electron chi connectivity index (χ3n) is 4.79. The molecule has 0 radical (unpaired) electrons. The summed E-state index contributed by atoms with van der Waals surface area (Å²) < 4.78 is 5.58. The molecule has 1 aliphatic heterocycles. The number of nitrogens with one attached hydrogen (secondary N) is 1. The van der Waals surface area contributed by atoms with Crippen molar-refractivity contribution in [3.63, 3.8) is 0 Å². The predicted molar refractivity (Wildman–Crippen MR) is 82.0 cm³/mol. The second kappa shape index (κ2) is 5.15. The van der Waals surface area contributed by atoms with Gasteiger partial charge in [0, 0.05) is 18.6 Å². The van der Waals surface area contributed by atoms with E-state index in [-0.39, 0.29) is 5.91 Å². The fourth-order valence-electron chi connectivity index (χ4n) is 3.56. The molecule has 2 aliphatic rings. The highest BCUT2D eigenvalue weighted by Gasteiger charge is 2.45. The first-order valence-electron chi connectivity index (χ1n) is 7.68. The van der Waals surface area contributed by atoms with Gasteiger partial charge in [-0.15, -0.1) is 0 Å². The van der Waals surface area contributed by atoms with Gasteiger partial charge in [-0.1, -0.05) is 42.5 Å². The van der Waals surface area contributed by atoms with Crippen LogP contribution >= 0.6 is 0 Å². The Morgan fingerprint density at radius 3 is 2.90 bits per heavy atom. The zero-order valence-electron chi connectivity index (χ0n) is 11.9. The molecule has 21 heavy (non-hydrogen) atoms. The fourth-order valence-corrected chi connectivity index (χ4v) is 3.56. The molecule has 0 bridgehead atoms. The molecule has 3 atom stereocenters. The minimum atomic E-state index is 0.126. The van der Waals surface area contributed by atoms with Crippen molar-refractivity contribution >= 4 is 16.7 Å². The molecule has 0 spiro atoms. The molecule has 4 rings (SSSR count). The van der Waals surface area contributed by atoms with E-state index < -0.39 is 0 Å². The summed E-state index contributed by atoms with van der Waals surface area (Å²) in [5, 5.41) is 5.57. The second-order valence-electron chi connectivity index (χ2n) is 6.13. The average Bonchev–Trinajstić information content (AvgIpc) is 2.86. The Bertz CT molecular complexity index is 682. The Labute approximate surface area is 124 Å². The molecule has 3 heteroatoms. The Morgan fingerprint density at radius 1 is 1.19 bits per heavy atom. The normalized spacial score (nSPS) is 27.1. The summed E-state index contributed by atoms with van der Waals surface area (Å²) in [5.74, 6) is 0.672. The van der Waals surface area contributed by atoms with Crippen LogP contribution in [0.1, 0.15) is 18.4 Å². The number of hydrogen-bond donors (Lipinski definition) is 1. The number of ether oxygens (including phenoxy) is 1. The van der Waals surface area contributed by atoms with Crippen molar-refractivity contribution in [3.05, 3.63) is 48.0 Å². The Hall–Kier alpha value is -1.87. The van der Waals surface area contributed by atoms with Crippen molar-refractivity contribution in [2.75, 3.05) is 6.61 Å². The summed E-state index contributed by atoms with van der Waals surface area (Å²) in [6.07, 6.45) is 2.93. The summed E-state index contributed by atoms with van der Waals surface area (Å²) >= 11 is 0. The van der Waals surface area contributed by atoms with E-state index in [1.807, 2.05) is 18.2 Å². The molecule has 1 saturated carbocycles. The number of benzene rings is 2. The number of rotatable bonds is 3. The zero-order valence-corrected chi connectivity index (χ0v) is 11.9. The number of carbonyl (C=O) groups excluding carboxylic acids is 1. The van der Waals surface area contributed by atoms with Crippen molar-refractivity contribution in [1.82, 2.24) is 5.32 Å². The molecule has 1 saturated heterocycles. The predicted octanol–water partition coefficient (Wildman–Crippen LogP) is 2.68. The standard InChI is InChI=1S/C18H19NO2/c20-18(19-16-11-17-15(16)7-8-21-17)10-12-5-6-13-3-1-2-4-14(13)9-12/h1-6,9,15-17H,7-8,10-11H2,(H,19,20)/t15-,16+,17+/m1/s1. The summed E-state index contributed by atoms with van der Waals surface area (Å²) in [7, 11) is 0. The molecule has 108 valence electrons. The average molecular weight is 281 g/mol. The highest BCUT2D eigenvalue weighted by molar-refractivity contribution is 5.85. The van der Waals surface area contributed by atoms with Crippen molar-refractivity contribution in [2.45, 2.75) is 31.4 Å². The molecule has 2 aromatic carbocycles. The van der Waals surface area contributed by atoms with Gasteiger partial charge in [-0.05, 0) is 29.2 Å². The highest BCUT2D eigenvalue weighted by atomic mass is 16.5. The topological polar surface area (TPSA) is 38.3 Å². The van der Waals surface area contributed by atoms with E-state index in [9.17, 15) is 4.79 Å². The Balaban J connectivity index is 1.41. The van der Waals surface area contributed by atoms with Gasteiger partial charge in [0.05, 0.1) is 12.5 Å². The number of amides is 1. The van der Waals surface area contributed by atoms with Gasteiger partial charge in [-0.2, -0.15) is 0 Å². The van der Waals surface area contributed by atoms with Crippen LogP contribution in [0.2, 0.25) is 0 Å². The van der Waals surface area contributed by atoms with Crippen LogP contribution in [0.15, 0.2) is 42.5 Å². The van der Waals surface area contributed by atoms with Crippen molar-refractivity contribution < 1.29 is 9.53 Å². The quantitative estimate of drug-likeness (QED) is 0.939. The molecule has 1 heterocycles. The maximum atomic E-state index is 12.2. The van der Waals surface area contributed by atoms with Crippen LogP contribution in [0.3, 0.4) is 0 Å². The second-order valence-corrected chi connectivity index (χ2v) is 6.13. The van der Waals surface area contributed by atoms with Gasteiger partial charge in [-0.25, -0.2) is 0 Å². The third kappa shape index (κ3) is 2.42. The van der Waals surface area contributed by atoms with Gasteiger partial charge in [0.15, 0.2) is 0 Å². The van der Waals surface area contributed by atoms with Crippen LogP contribution in [0.25, 0.3) is 10.8 Å². The van der Waals surface area contributed by atoms with Crippen LogP contribution in [0.4, 0.5) is 0 Å². The van der Waals surface area contributed by atoms with E-state index in [0.29, 0.717) is 24.5 Å². The molecular weight excluding hydrogens is 262 g/mol. The van der Waals surface area contributed by atoms with Gasteiger partial charge >= 0.3 is 0 Å². The van der Waals surface area contributed by atoms with E-state index in [0.717, 1.165) is 25.0 Å². The Morgan fingerprint density at radius 2 is 2.05 bits per heavy atom. The first-order valence-corrected chi connectivity index (χ1v) is 7.68. The molecule has 2 aromatic rings. The van der Waals surface area contributed by atoms with Crippen LogP contribution in [0, 0.1) is 5.92 Å². The van der Waals surface area contributed by atoms with E-state index in [4.69, 9.17) is 4.74 Å². The van der Waals surface area contributed by atoms with E-state index in [1.54, 1.807) is 0 Å². The van der Waals surface area contributed by atoms with Crippen LogP contribution in [-0.4, -0.2) is 24.7 Å². The molecule has 3 nitrogen and oxygen atoms in total. The van der Waals surface area contributed by atoms with E-state index in [1.165, 1.54) is 10.8 Å². The van der Waals surface area contributed by atoms with Gasteiger partial charge in [-0.3, -0.25) is 4.79 Å². The summed E-state index contributed by atoms with van der Waals surface area (Å²) in [5.41, 5.74) is 1.07. The van der Waals surface area contributed by atoms with Gasteiger partial charge < -0.3 is 10.1 Å². The van der Waals surface area contributed by atoms with E-state index in [2.05, 4.69) is 29.6 Å². The lowest BCUT2D eigenvalue weighted by Crippen LogP contribution is -2.53. The van der Waals surface area contributed by atoms with E-state index >= 15 is 0 Å². The molecule has 1 aliphatic carbocycles. The maximum absolute atomic E-state index is 12.2. The first kappa shape index (κ1) is 12.8. The summed E-state index contributed by atoms with van der Waals surface area (Å²) in [6, 6.07) is 14.8. The Kier molecular flexibility index (Phi) is 3.15. The number of fused-ring (bicyclic) bond motifs is 2. The smallest absolute Gasteiger partial charge is 0.224 e. The van der Waals surface area contributed by atoms with Crippen molar-refractivity contribution in [2.24, 2.45) is 5.92 Å². The first-order chi connectivity index (χ1) is 10.3. The largest absolute Gasteiger partial charge is 0.378 e. The highest BCUT2D eigenvalue weighted by Crippen LogP contribution is 2.38. The fraction of sp³-hybridized carbons (Fsp3) is 0.389. The van der Waals surface area contributed by atoms with Gasteiger partial charge in [0.25, 0.3) is 0 Å². The zero-order chi connectivity index (χ0) is 14.2. The van der Waals surface area contributed by atoms with Gasteiger partial charge in [0.1, 0.15) is 0 Å². The lowest BCUT2D eigenvalue weighted by atomic mass is 9.76. The minimum absolute atomic E-state index is 0.126. The SMILES string of the molecule is O=C(Cc1ccc2ccccc2c1)N[C@H]1C[C@@H]2OCC[C@H]12. The lowest BCUT2D eigenvalue weighted by Gasteiger charge is -2.39. The van der Waals surface area contributed by atoms with Gasteiger partial charge in [0.2, 0.25) is 5.91 Å². The number of hydrogen-bond acceptors (Lipinski definition) is 2. The molecular formula is C18H19NO2. The number of carbonyl (C=O) groups is 1. The summed E-state index contributed by atoms with van der Waals surface area (Å²) in [6.45, 7) is 0.854. The van der Waals surface area contributed by atoms with Crippen LogP contribution in [0.5, 0.6) is 0 Å². The molecule has 1 amide bonds. The molecule has 2 fully saturated rings. The summed E-state index contributed by atoms with van der Waals surface area (Å²) in [4.78, 5) is 12.2. The minimum Gasteiger partial charge on any atom is -0.378 e. The van der Waals surface area contributed by atoms with Crippen molar-refractivity contribution in [1.29, 1.82) is 0 Å². The van der Waals surface area contributed by atoms with Crippen LogP contribution < -0.4 is 5.32 Å². The molecule has 0 aromatic heterocycles. The maximum Gasteiger partial charge on any atom is 0.224 e. The molecule has 1 N–H and O–H groups in total. The monoisotopic (exact) mass is 281 g/mol. The van der Waals surface area contributed by atoms with Crippen LogP contribution in [-0.2, 0) is 16.0 Å². The molecule has 0 unspecified atom stereocenters. The van der Waals surface area contributed by atoms with Crippen molar-refractivity contribution in [3.8, 4) is 0 Å².